The van der Waals surface area contributed by atoms with E-state index >= 15 is 0 Å². The van der Waals surface area contributed by atoms with Crippen LogP contribution in [-0.2, 0) is 14.3 Å². The third kappa shape index (κ3) is 4.93. The van der Waals surface area contributed by atoms with E-state index in [-0.39, 0.29) is 42.0 Å². The highest BCUT2D eigenvalue weighted by atomic mass is 16.5. The fraction of sp³-hybridized carbons (Fsp3) is 0.889. The fourth-order valence-corrected chi connectivity index (χ4v) is 3.96. The van der Waals surface area contributed by atoms with Crippen molar-refractivity contribution in [2.24, 2.45) is 5.92 Å². The van der Waals surface area contributed by atoms with Crippen LogP contribution in [0.25, 0.3) is 0 Å². The average molecular weight is 339 g/mol. The average Bonchev–Trinajstić information content (AvgIpc) is 2.46. The normalized spacial score (nSPS) is 28.0. The van der Waals surface area contributed by atoms with Gasteiger partial charge < -0.3 is 15.0 Å². The molecule has 2 fully saturated rings. The van der Waals surface area contributed by atoms with E-state index < -0.39 is 0 Å². The zero-order chi connectivity index (χ0) is 17.9. The molecule has 2 aliphatic heterocycles. The lowest BCUT2D eigenvalue weighted by molar-refractivity contribution is -0.136. The van der Waals surface area contributed by atoms with Crippen LogP contribution in [0.1, 0.15) is 47.5 Å². The Bertz CT molecular complexity index is 437. The van der Waals surface area contributed by atoms with E-state index in [1.165, 1.54) is 0 Å². The lowest BCUT2D eigenvalue weighted by Gasteiger charge is -2.41. The van der Waals surface area contributed by atoms with Crippen molar-refractivity contribution >= 4 is 11.8 Å². The van der Waals surface area contributed by atoms with Gasteiger partial charge in [-0.3, -0.25) is 14.5 Å². The molecule has 138 valence electrons. The number of amides is 2. The summed E-state index contributed by atoms with van der Waals surface area (Å²) in [5.41, 5.74) is 0. The van der Waals surface area contributed by atoms with E-state index in [1.807, 2.05) is 4.90 Å². The van der Waals surface area contributed by atoms with Gasteiger partial charge in [0.25, 0.3) is 0 Å². The van der Waals surface area contributed by atoms with E-state index in [0.717, 1.165) is 39.0 Å². The van der Waals surface area contributed by atoms with Crippen molar-refractivity contribution in [3.63, 3.8) is 0 Å². The van der Waals surface area contributed by atoms with E-state index in [9.17, 15) is 9.59 Å². The minimum absolute atomic E-state index is 0.118. The quantitative estimate of drug-likeness (QED) is 0.837. The van der Waals surface area contributed by atoms with Crippen LogP contribution in [0.5, 0.6) is 0 Å². The summed E-state index contributed by atoms with van der Waals surface area (Å²) in [6.07, 6.45) is 1.99. The molecule has 2 saturated heterocycles. The molecule has 24 heavy (non-hydrogen) atoms. The van der Waals surface area contributed by atoms with Crippen molar-refractivity contribution in [1.29, 1.82) is 0 Å². The zero-order valence-corrected chi connectivity index (χ0v) is 15.7. The van der Waals surface area contributed by atoms with Gasteiger partial charge in [0.05, 0.1) is 18.2 Å². The molecule has 3 atom stereocenters. The van der Waals surface area contributed by atoms with Gasteiger partial charge in [-0.2, -0.15) is 0 Å². The van der Waals surface area contributed by atoms with Gasteiger partial charge >= 0.3 is 0 Å². The highest BCUT2D eigenvalue weighted by Gasteiger charge is 2.35. The van der Waals surface area contributed by atoms with E-state index in [1.54, 1.807) is 6.92 Å². The molecule has 2 heterocycles. The fourth-order valence-electron chi connectivity index (χ4n) is 3.96. The first-order valence-electron chi connectivity index (χ1n) is 9.23. The Hall–Kier alpha value is -1.14. The minimum atomic E-state index is -0.121. The maximum Gasteiger partial charge on any atom is 0.237 e. The smallest absolute Gasteiger partial charge is 0.237 e. The standard InChI is InChI=1S/C18H33N3O3/c1-12(2)17(21-10-13(3)24-14(4)11-21)18(23)19-16-6-8-20(9-7-16)15(5)22/h12-14,16-17H,6-11H2,1-5H3,(H,19,23). The molecular weight excluding hydrogens is 306 g/mol. The highest BCUT2D eigenvalue weighted by molar-refractivity contribution is 5.82. The van der Waals surface area contributed by atoms with Crippen molar-refractivity contribution in [1.82, 2.24) is 15.1 Å². The molecule has 0 radical (unpaired) electrons. The Morgan fingerprint density at radius 1 is 1.08 bits per heavy atom. The van der Waals surface area contributed by atoms with Crippen molar-refractivity contribution < 1.29 is 14.3 Å². The van der Waals surface area contributed by atoms with Gasteiger partial charge in [-0.15, -0.1) is 0 Å². The molecule has 0 aromatic carbocycles. The molecular formula is C18H33N3O3. The Balaban J connectivity index is 1.93. The van der Waals surface area contributed by atoms with Crippen LogP contribution in [0.2, 0.25) is 0 Å². The summed E-state index contributed by atoms with van der Waals surface area (Å²) in [5.74, 6) is 0.489. The Labute approximate surface area is 145 Å². The number of rotatable bonds is 4. The van der Waals surface area contributed by atoms with Crippen LogP contribution < -0.4 is 5.32 Å². The number of hydrogen-bond acceptors (Lipinski definition) is 4. The van der Waals surface area contributed by atoms with Crippen LogP contribution in [0.15, 0.2) is 0 Å². The Morgan fingerprint density at radius 2 is 1.62 bits per heavy atom. The van der Waals surface area contributed by atoms with Gasteiger partial charge in [0.2, 0.25) is 11.8 Å². The molecule has 0 saturated carbocycles. The summed E-state index contributed by atoms with van der Waals surface area (Å²) in [7, 11) is 0. The maximum atomic E-state index is 12.9. The number of nitrogens with zero attached hydrogens (tertiary/aromatic N) is 2. The zero-order valence-electron chi connectivity index (χ0n) is 15.7. The largest absolute Gasteiger partial charge is 0.373 e. The maximum absolute atomic E-state index is 12.9. The molecule has 6 heteroatoms. The van der Waals surface area contributed by atoms with Gasteiger partial charge in [-0.1, -0.05) is 13.8 Å². The summed E-state index contributed by atoms with van der Waals surface area (Å²) in [5, 5.41) is 3.23. The SMILES string of the molecule is CC(=O)N1CCC(NC(=O)C(C(C)C)N2CC(C)OC(C)C2)CC1. The number of likely N-dealkylation sites (tertiary alicyclic amines) is 1. The number of morpholine rings is 1. The molecule has 0 aliphatic carbocycles. The van der Waals surface area contributed by atoms with E-state index in [4.69, 9.17) is 4.74 Å². The first kappa shape index (κ1) is 19.2. The monoisotopic (exact) mass is 339 g/mol. The molecule has 2 rings (SSSR count). The van der Waals surface area contributed by atoms with Crippen molar-refractivity contribution in [2.45, 2.75) is 71.8 Å². The van der Waals surface area contributed by atoms with Crippen LogP contribution in [0.4, 0.5) is 0 Å². The van der Waals surface area contributed by atoms with Crippen LogP contribution in [0.3, 0.4) is 0 Å². The van der Waals surface area contributed by atoms with Gasteiger partial charge in [-0.25, -0.2) is 0 Å². The second kappa shape index (κ2) is 8.30. The van der Waals surface area contributed by atoms with Gasteiger partial charge in [0, 0.05) is 39.1 Å². The first-order chi connectivity index (χ1) is 11.3. The Morgan fingerprint density at radius 3 is 2.08 bits per heavy atom. The molecule has 6 nitrogen and oxygen atoms in total. The van der Waals surface area contributed by atoms with Crippen molar-refractivity contribution in [3.8, 4) is 0 Å². The molecule has 0 aromatic rings. The number of hydrogen-bond donors (Lipinski definition) is 1. The van der Waals surface area contributed by atoms with Crippen LogP contribution >= 0.6 is 0 Å². The second-order valence-corrected chi connectivity index (χ2v) is 7.69. The summed E-state index contributed by atoms with van der Waals surface area (Å²) < 4.78 is 5.80. The van der Waals surface area contributed by atoms with Gasteiger partial charge in [0.1, 0.15) is 0 Å². The van der Waals surface area contributed by atoms with E-state index in [0.29, 0.717) is 0 Å². The lowest BCUT2D eigenvalue weighted by atomic mass is 9.98. The number of carbonyl (C=O) groups excluding carboxylic acids is 2. The minimum Gasteiger partial charge on any atom is -0.373 e. The number of nitrogens with one attached hydrogen (secondary N) is 1. The van der Waals surface area contributed by atoms with Crippen LogP contribution in [-0.4, -0.2) is 72.1 Å². The van der Waals surface area contributed by atoms with Crippen LogP contribution in [0, 0.1) is 5.92 Å². The topological polar surface area (TPSA) is 61.9 Å². The summed E-state index contributed by atoms with van der Waals surface area (Å²) in [6.45, 7) is 13.0. The predicted octanol–water partition coefficient (Wildman–Crippen LogP) is 1.25. The summed E-state index contributed by atoms with van der Waals surface area (Å²) >= 11 is 0. The predicted molar refractivity (Wildman–Crippen MR) is 93.6 cm³/mol. The van der Waals surface area contributed by atoms with Gasteiger partial charge in [0.15, 0.2) is 0 Å². The molecule has 0 spiro atoms. The van der Waals surface area contributed by atoms with Crippen molar-refractivity contribution in [3.05, 3.63) is 0 Å². The van der Waals surface area contributed by atoms with E-state index in [2.05, 4.69) is 37.9 Å². The van der Waals surface area contributed by atoms with Gasteiger partial charge in [-0.05, 0) is 32.6 Å². The third-order valence-electron chi connectivity index (χ3n) is 5.03. The second-order valence-electron chi connectivity index (χ2n) is 7.69. The number of ether oxygens (including phenoxy) is 1. The molecule has 2 amide bonds. The van der Waals surface area contributed by atoms with Crippen molar-refractivity contribution in [2.75, 3.05) is 26.2 Å². The number of carbonyl (C=O) groups is 2. The molecule has 0 aromatic heterocycles. The molecule has 3 unspecified atom stereocenters. The number of piperidine rings is 1. The highest BCUT2D eigenvalue weighted by Crippen LogP contribution is 2.20. The molecule has 1 N–H and O–H groups in total. The Kier molecular flexibility index (Phi) is 6.63. The third-order valence-corrected chi connectivity index (χ3v) is 5.03. The summed E-state index contributed by atoms with van der Waals surface area (Å²) in [6, 6.07) is 0.0508. The lowest BCUT2D eigenvalue weighted by Crippen LogP contribution is -2.58. The first-order valence-corrected chi connectivity index (χ1v) is 9.23. The molecule has 0 bridgehead atoms. The summed E-state index contributed by atoms with van der Waals surface area (Å²) in [4.78, 5) is 28.4. The molecule has 2 aliphatic rings.